The van der Waals surface area contributed by atoms with E-state index in [1.165, 1.54) is 32.4 Å². The monoisotopic (exact) mass is 309 g/mol. The lowest BCUT2D eigenvalue weighted by Crippen LogP contribution is -2.46. The maximum Gasteiger partial charge on any atom is 0.225 e. The van der Waals surface area contributed by atoms with Crippen LogP contribution in [0.2, 0.25) is 0 Å². The van der Waals surface area contributed by atoms with Gasteiger partial charge in [-0.25, -0.2) is 0 Å². The molecule has 0 aromatic carbocycles. The second-order valence-corrected chi connectivity index (χ2v) is 7.02. The van der Waals surface area contributed by atoms with Gasteiger partial charge in [0.05, 0.1) is 6.10 Å². The summed E-state index contributed by atoms with van der Waals surface area (Å²) in [7, 11) is 0. The highest BCUT2D eigenvalue weighted by atomic mass is 16.5. The number of carbonyl (C=O) groups excluding carboxylic acids is 1. The predicted octanol–water partition coefficient (Wildman–Crippen LogP) is 1.09. The van der Waals surface area contributed by atoms with Crippen molar-refractivity contribution in [2.45, 2.75) is 44.6 Å². The highest BCUT2D eigenvalue weighted by Crippen LogP contribution is 2.18. The molecule has 1 N–H and O–H groups in total. The molecule has 22 heavy (non-hydrogen) atoms. The normalized spacial score (nSPS) is 29.3. The van der Waals surface area contributed by atoms with Gasteiger partial charge in [-0.1, -0.05) is 6.42 Å². The maximum absolute atomic E-state index is 12.8. The molecule has 0 bridgehead atoms. The third-order valence-corrected chi connectivity index (χ3v) is 5.26. The van der Waals surface area contributed by atoms with E-state index in [0.717, 1.165) is 58.6 Å². The van der Waals surface area contributed by atoms with Crippen LogP contribution >= 0.6 is 0 Å². The average molecular weight is 309 g/mol. The van der Waals surface area contributed by atoms with Crippen LogP contribution in [0.15, 0.2) is 0 Å². The summed E-state index contributed by atoms with van der Waals surface area (Å²) < 4.78 is 6.03. The third-order valence-electron chi connectivity index (χ3n) is 5.26. The number of carbonyl (C=O) groups is 1. The van der Waals surface area contributed by atoms with Crippen LogP contribution in [-0.4, -0.2) is 74.2 Å². The minimum atomic E-state index is 0.200. The molecule has 1 amide bonds. The van der Waals surface area contributed by atoms with Crippen LogP contribution in [0.25, 0.3) is 0 Å². The summed E-state index contributed by atoms with van der Waals surface area (Å²) in [4.78, 5) is 17.4. The SMILES string of the molecule is O=C(C1CCNCC1)N1CCCO[C@H](CN2CCCCC2)C1. The number of hydrogen-bond donors (Lipinski definition) is 1. The van der Waals surface area contributed by atoms with Crippen molar-refractivity contribution >= 4 is 5.91 Å². The van der Waals surface area contributed by atoms with Crippen molar-refractivity contribution in [2.75, 3.05) is 52.4 Å². The second-order valence-electron chi connectivity index (χ2n) is 7.02. The summed E-state index contributed by atoms with van der Waals surface area (Å²) >= 11 is 0. The Kier molecular flexibility index (Phi) is 6.10. The molecule has 5 heteroatoms. The Labute approximate surface area is 134 Å². The number of rotatable bonds is 3. The molecule has 5 nitrogen and oxygen atoms in total. The molecule has 0 aromatic heterocycles. The van der Waals surface area contributed by atoms with Gasteiger partial charge in [0.25, 0.3) is 0 Å². The molecule has 0 aromatic rings. The molecule has 0 unspecified atom stereocenters. The maximum atomic E-state index is 12.8. The van der Waals surface area contributed by atoms with E-state index in [-0.39, 0.29) is 12.0 Å². The summed E-state index contributed by atoms with van der Waals surface area (Å²) in [5.74, 6) is 0.602. The predicted molar refractivity (Wildman–Crippen MR) is 86.8 cm³/mol. The number of nitrogens with zero attached hydrogens (tertiary/aromatic N) is 2. The fraction of sp³-hybridized carbons (Fsp3) is 0.941. The summed E-state index contributed by atoms with van der Waals surface area (Å²) in [6.45, 7) is 7.82. The fourth-order valence-corrected chi connectivity index (χ4v) is 3.96. The van der Waals surface area contributed by atoms with Crippen LogP contribution in [0.1, 0.15) is 38.5 Å². The van der Waals surface area contributed by atoms with Gasteiger partial charge in [-0.3, -0.25) is 4.79 Å². The first-order valence-corrected chi connectivity index (χ1v) is 9.16. The zero-order chi connectivity index (χ0) is 15.2. The van der Waals surface area contributed by atoms with Gasteiger partial charge in [0.2, 0.25) is 5.91 Å². The quantitative estimate of drug-likeness (QED) is 0.848. The largest absolute Gasteiger partial charge is 0.375 e. The van der Waals surface area contributed by atoms with Crippen LogP contribution in [0.5, 0.6) is 0 Å². The standard InChI is InChI=1S/C17H31N3O2/c21-17(15-5-7-18-8-6-15)20-11-4-12-22-16(14-20)13-19-9-2-1-3-10-19/h15-16,18H,1-14H2/t16-/m1/s1. The summed E-state index contributed by atoms with van der Waals surface area (Å²) in [5, 5.41) is 3.35. The lowest BCUT2D eigenvalue weighted by atomic mass is 9.96. The van der Waals surface area contributed by atoms with Crippen LogP contribution in [0, 0.1) is 5.92 Å². The van der Waals surface area contributed by atoms with Crippen LogP contribution in [0.4, 0.5) is 0 Å². The van der Waals surface area contributed by atoms with Gasteiger partial charge >= 0.3 is 0 Å². The Morgan fingerprint density at radius 3 is 2.59 bits per heavy atom. The number of hydrogen-bond acceptors (Lipinski definition) is 4. The molecule has 3 heterocycles. The number of ether oxygens (including phenoxy) is 1. The molecule has 0 saturated carbocycles. The molecule has 0 spiro atoms. The highest BCUT2D eigenvalue weighted by molar-refractivity contribution is 5.79. The van der Waals surface area contributed by atoms with E-state index in [1.807, 2.05) is 0 Å². The molecule has 3 fully saturated rings. The van der Waals surface area contributed by atoms with E-state index in [9.17, 15) is 4.79 Å². The minimum Gasteiger partial charge on any atom is -0.375 e. The highest BCUT2D eigenvalue weighted by Gasteiger charge is 2.29. The van der Waals surface area contributed by atoms with Crippen LogP contribution in [-0.2, 0) is 9.53 Å². The Hall–Kier alpha value is -0.650. The van der Waals surface area contributed by atoms with Crippen molar-refractivity contribution in [3.63, 3.8) is 0 Å². The van der Waals surface area contributed by atoms with Gasteiger partial charge in [-0.2, -0.15) is 0 Å². The Bertz CT molecular complexity index is 352. The Balaban J connectivity index is 1.53. The van der Waals surface area contributed by atoms with Gasteiger partial charge in [-0.15, -0.1) is 0 Å². The number of amides is 1. The first-order valence-electron chi connectivity index (χ1n) is 9.16. The zero-order valence-electron chi connectivity index (χ0n) is 13.8. The number of likely N-dealkylation sites (tertiary alicyclic amines) is 1. The smallest absolute Gasteiger partial charge is 0.225 e. The van der Waals surface area contributed by atoms with Gasteiger partial charge in [0, 0.05) is 32.2 Å². The summed E-state index contributed by atoms with van der Waals surface area (Å²) in [5.41, 5.74) is 0. The van der Waals surface area contributed by atoms with Gasteiger partial charge in [0.15, 0.2) is 0 Å². The van der Waals surface area contributed by atoms with E-state index in [2.05, 4.69) is 15.1 Å². The lowest BCUT2D eigenvalue weighted by Gasteiger charge is -2.33. The average Bonchev–Trinajstić information content (AvgIpc) is 2.81. The first kappa shape index (κ1) is 16.2. The molecule has 0 aliphatic carbocycles. The molecule has 3 aliphatic heterocycles. The van der Waals surface area contributed by atoms with E-state index < -0.39 is 0 Å². The Morgan fingerprint density at radius 1 is 1.05 bits per heavy atom. The van der Waals surface area contributed by atoms with Gasteiger partial charge in [-0.05, 0) is 58.3 Å². The van der Waals surface area contributed by atoms with Crippen molar-refractivity contribution in [1.29, 1.82) is 0 Å². The molecule has 3 rings (SSSR count). The summed E-state index contributed by atoms with van der Waals surface area (Å²) in [6, 6.07) is 0. The van der Waals surface area contributed by atoms with E-state index in [4.69, 9.17) is 4.74 Å². The zero-order valence-corrected chi connectivity index (χ0v) is 13.8. The van der Waals surface area contributed by atoms with E-state index in [1.54, 1.807) is 0 Å². The van der Waals surface area contributed by atoms with Crippen LogP contribution in [0.3, 0.4) is 0 Å². The minimum absolute atomic E-state index is 0.200. The van der Waals surface area contributed by atoms with Crippen molar-refractivity contribution in [1.82, 2.24) is 15.1 Å². The van der Waals surface area contributed by atoms with E-state index in [0.29, 0.717) is 5.91 Å². The molecule has 3 saturated heterocycles. The lowest BCUT2D eigenvalue weighted by molar-refractivity contribution is -0.137. The van der Waals surface area contributed by atoms with Gasteiger partial charge < -0.3 is 19.9 Å². The van der Waals surface area contributed by atoms with Gasteiger partial charge in [0.1, 0.15) is 0 Å². The topological polar surface area (TPSA) is 44.8 Å². The van der Waals surface area contributed by atoms with Crippen molar-refractivity contribution in [2.24, 2.45) is 5.92 Å². The molecule has 1 atom stereocenters. The summed E-state index contributed by atoms with van der Waals surface area (Å²) in [6.07, 6.45) is 7.15. The van der Waals surface area contributed by atoms with Crippen molar-refractivity contribution < 1.29 is 9.53 Å². The fourth-order valence-electron chi connectivity index (χ4n) is 3.96. The third kappa shape index (κ3) is 4.43. The Morgan fingerprint density at radius 2 is 1.82 bits per heavy atom. The molecule has 0 radical (unpaired) electrons. The molecule has 126 valence electrons. The van der Waals surface area contributed by atoms with E-state index >= 15 is 0 Å². The molecule has 3 aliphatic rings. The number of nitrogens with one attached hydrogen (secondary N) is 1. The second kappa shape index (κ2) is 8.27. The first-order chi connectivity index (χ1) is 10.8. The molecular weight excluding hydrogens is 278 g/mol. The van der Waals surface area contributed by atoms with Crippen molar-refractivity contribution in [3.8, 4) is 0 Å². The number of piperidine rings is 2. The molecular formula is C17H31N3O2. The van der Waals surface area contributed by atoms with Crippen LogP contribution < -0.4 is 5.32 Å². The van der Waals surface area contributed by atoms with Crippen molar-refractivity contribution in [3.05, 3.63) is 0 Å².